The third kappa shape index (κ3) is 3.68. The van der Waals surface area contributed by atoms with E-state index >= 15 is 0 Å². The first-order valence-electron chi connectivity index (χ1n) is 7.23. The Hall–Kier alpha value is -2.12. The van der Waals surface area contributed by atoms with Crippen molar-refractivity contribution in [3.8, 4) is 0 Å². The Morgan fingerprint density at radius 3 is 2.62 bits per heavy atom. The minimum atomic E-state index is -0.552. The van der Waals surface area contributed by atoms with Crippen LogP contribution in [0.25, 0.3) is 0 Å². The number of imide groups is 1. The van der Waals surface area contributed by atoms with Crippen LogP contribution in [0.2, 0.25) is 0 Å². The van der Waals surface area contributed by atoms with Gasteiger partial charge in [-0.3, -0.25) is 9.59 Å². The highest BCUT2D eigenvalue weighted by Gasteiger charge is 2.40. The molecular formula is C17H14BrN3O2S. The van der Waals surface area contributed by atoms with Gasteiger partial charge < -0.3 is 5.73 Å². The molecule has 1 fully saturated rings. The van der Waals surface area contributed by atoms with Crippen LogP contribution < -0.4 is 10.6 Å². The summed E-state index contributed by atoms with van der Waals surface area (Å²) in [6.07, 6.45) is 0.112. The number of hydrogen-bond donors (Lipinski definition) is 1. The molecule has 2 amide bonds. The number of amidine groups is 1. The van der Waals surface area contributed by atoms with E-state index < -0.39 is 5.25 Å². The number of carbonyl (C=O) groups is 2. The van der Waals surface area contributed by atoms with Gasteiger partial charge in [0.2, 0.25) is 11.8 Å². The van der Waals surface area contributed by atoms with E-state index in [1.807, 2.05) is 36.4 Å². The van der Waals surface area contributed by atoms with Gasteiger partial charge in [-0.2, -0.15) is 0 Å². The van der Waals surface area contributed by atoms with Crippen LogP contribution in [-0.4, -0.2) is 22.2 Å². The van der Waals surface area contributed by atoms with Gasteiger partial charge in [-0.05, 0) is 30.3 Å². The molecule has 3 rings (SSSR count). The number of hydrogen-bond acceptors (Lipinski definition) is 4. The minimum Gasteiger partial charge on any atom is -0.378 e. The number of thioether (sulfide) groups is 1. The van der Waals surface area contributed by atoms with Gasteiger partial charge in [0.05, 0.1) is 11.4 Å². The van der Waals surface area contributed by atoms with E-state index in [-0.39, 0.29) is 23.4 Å². The van der Waals surface area contributed by atoms with Gasteiger partial charge in [0.25, 0.3) is 0 Å². The van der Waals surface area contributed by atoms with Crippen LogP contribution in [0.15, 0.2) is 64.1 Å². The molecule has 0 aliphatic carbocycles. The van der Waals surface area contributed by atoms with Crippen LogP contribution in [0.4, 0.5) is 11.4 Å². The largest absolute Gasteiger partial charge is 0.378 e. The van der Waals surface area contributed by atoms with Crippen molar-refractivity contribution < 1.29 is 9.59 Å². The summed E-state index contributed by atoms with van der Waals surface area (Å²) < 4.78 is 0.807. The van der Waals surface area contributed by atoms with Gasteiger partial charge in [0, 0.05) is 10.9 Å². The van der Waals surface area contributed by atoms with Crippen molar-refractivity contribution >= 4 is 56.0 Å². The number of amides is 2. The van der Waals surface area contributed by atoms with Crippen molar-refractivity contribution in [1.82, 2.24) is 0 Å². The zero-order chi connectivity index (χ0) is 17.1. The van der Waals surface area contributed by atoms with E-state index in [2.05, 4.69) is 20.9 Å². The smallest absolute Gasteiger partial charge is 0.247 e. The molecule has 0 unspecified atom stereocenters. The quantitative estimate of drug-likeness (QED) is 0.483. The highest BCUT2D eigenvalue weighted by Crippen LogP contribution is 2.31. The van der Waals surface area contributed by atoms with E-state index in [0.29, 0.717) is 11.4 Å². The fourth-order valence-electron chi connectivity index (χ4n) is 2.38. The maximum Gasteiger partial charge on any atom is 0.247 e. The summed E-state index contributed by atoms with van der Waals surface area (Å²) in [4.78, 5) is 30.3. The maximum absolute atomic E-state index is 12.6. The van der Waals surface area contributed by atoms with Crippen LogP contribution >= 0.6 is 27.7 Å². The first-order chi connectivity index (χ1) is 11.5. The molecule has 1 aliphatic heterocycles. The summed E-state index contributed by atoms with van der Waals surface area (Å²) in [6, 6.07) is 16.3. The molecule has 1 atom stereocenters. The van der Waals surface area contributed by atoms with Gasteiger partial charge in [0.1, 0.15) is 5.25 Å². The van der Waals surface area contributed by atoms with Gasteiger partial charge in [0.15, 0.2) is 5.17 Å². The average molecular weight is 404 g/mol. The van der Waals surface area contributed by atoms with Crippen molar-refractivity contribution in [2.75, 3.05) is 4.90 Å². The predicted octanol–water partition coefficient (Wildman–Crippen LogP) is 3.46. The number of halogens is 1. The lowest BCUT2D eigenvalue weighted by atomic mass is 10.3. The molecule has 7 heteroatoms. The molecule has 2 N–H and O–H groups in total. The van der Waals surface area contributed by atoms with Crippen molar-refractivity contribution in [2.24, 2.45) is 10.7 Å². The summed E-state index contributed by atoms with van der Waals surface area (Å²) in [5.74, 6) is -0.502. The maximum atomic E-state index is 12.6. The van der Waals surface area contributed by atoms with E-state index in [4.69, 9.17) is 5.73 Å². The van der Waals surface area contributed by atoms with E-state index in [1.54, 1.807) is 18.2 Å². The van der Waals surface area contributed by atoms with E-state index in [0.717, 1.165) is 16.2 Å². The number of benzene rings is 2. The molecule has 1 heterocycles. The summed E-state index contributed by atoms with van der Waals surface area (Å²) in [5, 5.41) is -0.285. The second-order valence-corrected chi connectivity index (χ2v) is 7.28. The lowest BCUT2D eigenvalue weighted by molar-refractivity contribution is -0.121. The molecule has 0 aromatic heterocycles. The predicted molar refractivity (Wildman–Crippen MR) is 100 cm³/mol. The first kappa shape index (κ1) is 16.7. The number of carbonyl (C=O) groups excluding carboxylic acids is 2. The van der Waals surface area contributed by atoms with Gasteiger partial charge in [-0.1, -0.05) is 52.0 Å². The summed E-state index contributed by atoms with van der Waals surface area (Å²) in [6.45, 7) is 0. The highest BCUT2D eigenvalue weighted by atomic mass is 79.9. The molecule has 24 heavy (non-hydrogen) atoms. The third-order valence-corrected chi connectivity index (χ3v) is 4.91. The molecule has 2 aromatic rings. The van der Waals surface area contributed by atoms with Crippen LogP contribution in [-0.2, 0) is 9.59 Å². The SMILES string of the molecule is NC(=Nc1ccccc1)S[C@H]1CC(=O)N(c2cccc(Br)c2)C1=O. The van der Waals surface area contributed by atoms with Crippen LogP contribution in [0, 0.1) is 0 Å². The Morgan fingerprint density at radius 2 is 1.92 bits per heavy atom. The standard InChI is InChI=1S/C17H14BrN3O2S/c18-11-5-4-8-13(9-11)21-15(22)10-14(16(21)23)24-17(19)20-12-6-2-1-3-7-12/h1-9,14H,10H2,(H2,19,20)/t14-/m0/s1. The van der Waals surface area contributed by atoms with E-state index in [9.17, 15) is 9.59 Å². The summed E-state index contributed by atoms with van der Waals surface area (Å²) in [5.41, 5.74) is 7.19. The van der Waals surface area contributed by atoms with Crippen LogP contribution in [0.3, 0.4) is 0 Å². The first-order valence-corrected chi connectivity index (χ1v) is 8.90. The molecule has 0 saturated carbocycles. The monoisotopic (exact) mass is 403 g/mol. The van der Waals surface area contributed by atoms with E-state index in [1.165, 1.54) is 4.90 Å². The minimum absolute atomic E-state index is 0.112. The molecule has 0 bridgehead atoms. The molecule has 1 aliphatic rings. The Bertz CT molecular complexity index is 810. The molecule has 0 radical (unpaired) electrons. The summed E-state index contributed by atoms with van der Waals surface area (Å²) >= 11 is 4.47. The van der Waals surface area contributed by atoms with Crippen molar-refractivity contribution in [3.63, 3.8) is 0 Å². The lowest BCUT2D eigenvalue weighted by Crippen LogP contribution is -2.31. The second kappa shape index (κ2) is 7.19. The zero-order valence-corrected chi connectivity index (χ0v) is 15.0. The zero-order valence-electron chi connectivity index (χ0n) is 12.6. The molecular weight excluding hydrogens is 390 g/mol. The average Bonchev–Trinajstić information content (AvgIpc) is 2.82. The van der Waals surface area contributed by atoms with Crippen molar-refractivity contribution in [2.45, 2.75) is 11.7 Å². The summed E-state index contributed by atoms with van der Waals surface area (Å²) in [7, 11) is 0. The third-order valence-electron chi connectivity index (χ3n) is 3.43. The fraction of sp³-hybridized carbons (Fsp3) is 0.118. The highest BCUT2D eigenvalue weighted by molar-refractivity contribution is 9.10. The number of anilines is 1. The molecule has 2 aromatic carbocycles. The van der Waals surface area contributed by atoms with Gasteiger partial charge in [-0.15, -0.1) is 0 Å². The number of nitrogens with zero attached hydrogens (tertiary/aromatic N) is 2. The Balaban J connectivity index is 1.76. The molecule has 1 saturated heterocycles. The Morgan fingerprint density at radius 1 is 1.17 bits per heavy atom. The number of aliphatic imine (C=N–C) groups is 1. The number of rotatable bonds is 3. The van der Waals surface area contributed by atoms with Crippen molar-refractivity contribution in [1.29, 1.82) is 0 Å². The molecule has 0 spiro atoms. The van der Waals surface area contributed by atoms with Gasteiger partial charge in [-0.25, -0.2) is 9.89 Å². The van der Waals surface area contributed by atoms with Crippen LogP contribution in [0.1, 0.15) is 6.42 Å². The lowest BCUT2D eigenvalue weighted by Gasteiger charge is -2.15. The van der Waals surface area contributed by atoms with Crippen LogP contribution in [0.5, 0.6) is 0 Å². The van der Waals surface area contributed by atoms with Gasteiger partial charge >= 0.3 is 0 Å². The molecule has 122 valence electrons. The Labute approximate surface area is 152 Å². The van der Waals surface area contributed by atoms with Crippen molar-refractivity contribution in [3.05, 3.63) is 59.1 Å². The Kier molecular flexibility index (Phi) is 5.01. The normalized spacial score (nSPS) is 18.3. The topological polar surface area (TPSA) is 75.8 Å². The molecule has 5 nitrogen and oxygen atoms in total. The number of para-hydroxylation sites is 1. The fourth-order valence-corrected chi connectivity index (χ4v) is 3.65. The number of nitrogens with two attached hydrogens (primary N) is 1. The second-order valence-electron chi connectivity index (χ2n) is 5.14.